The normalized spacial score (nSPS) is 17.6. The largest absolute Gasteiger partial charge is 0.462 e. The van der Waals surface area contributed by atoms with Crippen LogP contribution in [0.15, 0.2) is 18.2 Å². The molecule has 0 radical (unpaired) electrons. The van der Waals surface area contributed by atoms with Gasteiger partial charge in [0, 0.05) is 5.02 Å². The summed E-state index contributed by atoms with van der Waals surface area (Å²) in [7, 11) is 0. The second kappa shape index (κ2) is 7.71. The number of amides is 1. The van der Waals surface area contributed by atoms with E-state index in [0.717, 1.165) is 24.8 Å². The van der Waals surface area contributed by atoms with E-state index in [9.17, 15) is 9.59 Å². The molecule has 0 bridgehead atoms. The Balaban J connectivity index is 1.86. The molecule has 1 heterocycles. The van der Waals surface area contributed by atoms with Crippen LogP contribution in [0.25, 0.3) is 0 Å². The van der Waals surface area contributed by atoms with E-state index in [0.29, 0.717) is 22.9 Å². The second-order valence-electron chi connectivity index (χ2n) is 4.79. The van der Waals surface area contributed by atoms with E-state index in [1.165, 1.54) is 0 Å². The molecule has 0 saturated carbocycles. The van der Waals surface area contributed by atoms with Crippen molar-refractivity contribution in [1.29, 1.82) is 0 Å². The van der Waals surface area contributed by atoms with Crippen LogP contribution in [0.3, 0.4) is 0 Å². The zero-order chi connectivity index (χ0) is 15.2. The molecule has 1 unspecified atom stereocenters. The zero-order valence-corrected chi connectivity index (χ0v) is 13.4. The molecule has 0 spiro atoms. The van der Waals surface area contributed by atoms with Crippen molar-refractivity contribution in [1.82, 2.24) is 5.32 Å². The van der Waals surface area contributed by atoms with Gasteiger partial charge in [-0.3, -0.25) is 4.79 Å². The van der Waals surface area contributed by atoms with E-state index in [1.54, 1.807) is 30.8 Å². The molecule has 1 aromatic rings. The Hall–Kier alpha value is -1.20. The Morgan fingerprint density at radius 2 is 2.33 bits per heavy atom. The van der Waals surface area contributed by atoms with Crippen LogP contribution in [0.4, 0.5) is 0 Å². The fourth-order valence-electron chi connectivity index (χ4n) is 2.16. The van der Waals surface area contributed by atoms with Crippen molar-refractivity contribution in [3.8, 4) is 0 Å². The standard InChI is InChI=1S/C15H18ClNO3S/c1-2-20-15(19)11-7-6-10(12(16)8-11)4-3-5-14-17-13(18)9-21-14/h6-8,14H,2-5,9H2,1H3,(H,17,18). The van der Waals surface area contributed by atoms with Gasteiger partial charge in [0.05, 0.1) is 23.3 Å². The first kappa shape index (κ1) is 16.2. The Labute approximate surface area is 133 Å². The van der Waals surface area contributed by atoms with Crippen molar-refractivity contribution in [2.24, 2.45) is 0 Å². The molecule has 21 heavy (non-hydrogen) atoms. The van der Waals surface area contributed by atoms with Crippen LogP contribution in [-0.2, 0) is 16.0 Å². The number of esters is 1. The lowest BCUT2D eigenvalue weighted by Crippen LogP contribution is -2.24. The number of rotatable bonds is 6. The Morgan fingerprint density at radius 3 is 2.95 bits per heavy atom. The van der Waals surface area contributed by atoms with E-state index >= 15 is 0 Å². The maximum atomic E-state index is 11.6. The summed E-state index contributed by atoms with van der Waals surface area (Å²) < 4.78 is 4.94. The number of carbonyl (C=O) groups excluding carboxylic acids is 2. The third-order valence-corrected chi connectivity index (χ3v) is 4.75. The van der Waals surface area contributed by atoms with Crippen LogP contribution in [0, 0.1) is 0 Å². The van der Waals surface area contributed by atoms with E-state index < -0.39 is 0 Å². The van der Waals surface area contributed by atoms with Gasteiger partial charge in [-0.05, 0) is 43.9 Å². The molecule has 1 aliphatic rings. The van der Waals surface area contributed by atoms with Gasteiger partial charge in [-0.2, -0.15) is 0 Å². The van der Waals surface area contributed by atoms with Gasteiger partial charge in [0.25, 0.3) is 0 Å². The zero-order valence-electron chi connectivity index (χ0n) is 11.9. The van der Waals surface area contributed by atoms with Gasteiger partial charge in [0.2, 0.25) is 5.91 Å². The summed E-state index contributed by atoms with van der Waals surface area (Å²) in [6, 6.07) is 5.27. The number of hydrogen-bond acceptors (Lipinski definition) is 4. The summed E-state index contributed by atoms with van der Waals surface area (Å²) in [5.41, 5.74) is 1.49. The lowest BCUT2D eigenvalue weighted by molar-refractivity contribution is -0.118. The minimum atomic E-state index is -0.351. The summed E-state index contributed by atoms with van der Waals surface area (Å²) in [5.74, 6) is 0.317. The molecule has 1 aliphatic heterocycles. The molecule has 1 aromatic carbocycles. The van der Waals surface area contributed by atoms with Crippen molar-refractivity contribution in [2.75, 3.05) is 12.4 Å². The van der Waals surface area contributed by atoms with Crippen molar-refractivity contribution in [3.05, 3.63) is 34.3 Å². The molecule has 1 fully saturated rings. The van der Waals surface area contributed by atoms with Gasteiger partial charge in [-0.15, -0.1) is 11.8 Å². The number of nitrogens with one attached hydrogen (secondary N) is 1. The van der Waals surface area contributed by atoms with Crippen LogP contribution in [0.1, 0.15) is 35.7 Å². The maximum absolute atomic E-state index is 11.6. The quantitative estimate of drug-likeness (QED) is 0.816. The summed E-state index contributed by atoms with van der Waals surface area (Å²) >= 11 is 7.86. The average molecular weight is 328 g/mol. The highest BCUT2D eigenvalue weighted by atomic mass is 35.5. The molecule has 1 amide bonds. The predicted octanol–water partition coefficient (Wildman–Crippen LogP) is 3.03. The molecular formula is C15H18ClNO3S. The fraction of sp³-hybridized carbons (Fsp3) is 0.467. The van der Waals surface area contributed by atoms with Crippen LogP contribution in [0.5, 0.6) is 0 Å². The summed E-state index contributed by atoms with van der Waals surface area (Å²) in [4.78, 5) is 22.7. The number of carbonyl (C=O) groups is 2. The molecule has 1 atom stereocenters. The maximum Gasteiger partial charge on any atom is 0.338 e. The number of aryl methyl sites for hydroxylation is 1. The topological polar surface area (TPSA) is 55.4 Å². The molecule has 114 valence electrons. The van der Waals surface area contributed by atoms with Gasteiger partial charge in [-0.25, -0.2) is 4.79 Å². The lowest BCUT2D eigenvalue weighted by atomic mass is 10.1. The van der Waals surface area contributed by atoms with E-state index in [1.807, 2.05) is 6.07 Å². The number of ether oxygens (including phenoxy) is 1. The number of thioether (sulfide) groups is 1. The SMILES string of the molecule is CCOC(=O)c1ccc(CCCC2NC(=O)CS2)c(Cl)c1. The first-order valence-corrected chi connectivity index (χ1v) is 8.39. The van der Waals surface area contributed by atoms with Gasteiger partial charge in [0.15, 0.2) is 0 Å². The second-order valence-corrected chi connectivity index (χ2v) is 6.38. The van der Waals surface area contributed by atoms with Crippen LogP contribution in [-0.4, -0.2) is 29.6 Å². The smallest absolute Gasteiger partial charge is 0.338 e. The lowest BCUT2D eigenvalue weighted by Gasteiger charge is -2.10. The van der Waals surface area contributed by atoms with Gasteiger partial charge in [0.1, 0.15) is 0 Å². The molecular weight excluding hydrogens is 310 g/mol. The molecule has 0 aromatic heterocycles. The third-order valence-electron chi connectivity index (χ3n) is 3.21. The van der Waals surface area contributed by atoms with Crippen LogP contribution >= 0.6 is 23.4 Å². The van der Waals surface area contributed by atoms with Gasteiger partial charge >= 0.3 is 5.97 Å². The van der Waals surface area contributed by atoms with Crippen LogP contribution in [0.2, 0.25) is 5.02 Å². The van der Waals surface area contributed by atoms with Gasteiger partial charge < -0.3 is 10.1 Å². The minimum Gasteiger partial charge on any atom is -0.462 e. The molecule has 4 nitrogen and oxygen atoms in total. The van der Waals surface area contributed by atoms with Crippen molar-refractivity contribution in [3.63, 3.8) is 0 Å². The van der Waals surface area contributed by atoms with Crippen molar-refractivity contribution < 1.29 is 14.3 Å². The molecule has 6 heteroatoms. The summed E-state index contributed by atoms with van der Waals surface area (Å²) in [5, 5.41) is 3.73. The molecule has 0 aliphatic carbocycles. The molecule has 2 rings (SSSR count). The predicted molar refractivity (Wildman–Crippen MR) is 84.7 cm³/mol. The number of hydrogen-bond donors (Lipinski definition) is 1. The summed E-state index contributed by atoms with van der Waals surface area (Å²) in [6.45, 7) is 2.12. The van der Waals surface area contributed by atoms with Crippen LogP contribution < -0.4 is 5.32 Å². The first-order valence-electron chi connectivity index (χ1n) is 6.96. The van der Waals surface area contributed by atoms with E-state index in [2.05, 4.69) is 5.32 Å². The first-order chi connectivity index (χ1) is 10.1. The Bertz CT molecular complexity index is 536. The fourth-order valence-corrected chi connectivity index (χ4v) is 3.42. The van der Waals surface area contributed by atoms with Crippen molar-refractivity contribution >= 4 is 35.2 Å². The van der Waals surface area contributed by atoms with Crippen molar-refractivity contribution in [2.45, 2.75) is 31.6 Å². The monoisotopic (exact) mass is 327 g/mol. The highest BCUT2D eigenvalue weighted by Crippen LogP contribution is 2.23. The van der Waals surface area contributed by atoms with Gasteiger partial charge in [-0.1, -0.05) is 17.7 Å². The third kappa shape index (κ3) is 4.64. The molecule has 1 N–H and O–H groups in total. The highest BCUT2D eigenvalue weighted by molar-refractivity contribution is 8.01. The number of benzene rings is 1. The average Bonchev–Trinajstić information content (AvgIpc) is 2.86. The van der Waals surface area contributed by atoms with E-state index in [4.69, 9.17) is 16.3 Å². The van der Waals surface area contributed by atoms with E-state index in [-0.39, 0.29) is 17.3 Å². The Morgan fingerprint density at radius 1 is 1.52 bits per heavy atom. The minimum absolute atomic E-state index is 0.113. The Kier molecular flexibility index (Phi) is 5.94. The summed E-state index contributed by atoms with van der Waals surface area (Å²) in [6.07, 6.45) is 2.69. The molecule has 1 saturated heterocycles. The highest BCUT2D eigenvalue weighted by Gasteiger charge is 2.20. The number of halogens is 1.